The summed E-state index contributed by atoms with van der Waals surface area (Å²) < 4.78 is 29.6. The number of thiophene rings is 1. The van der Waals surface area contributed by atoms with Gasteiger partial charge in [0.05, 0.1) is 23.2 Å². The molecule has 0 bridgehead atoms. The van der Waals surface area contributed by atoms with E-state index in [2.05, 4.69) is 10.2 Å². The van der Waals surface area contributed by atoms with Crippen LogP contribution in [0.2, 0.25) is 0 Å². The highest BCUT2D eigenvalue weighted by molar-refractivity contribution is 7.90. The van der Waals surface area contributed by atoms with E-state index in [1.807, 2.05) is 17.5 Å². The van der Waals surface area contributed by atoms with Gasteiger partial charge in [-0.3, -0.25) is 9.69 Å². The van der Waals surface area contributed by atoms with Crippen LogP contribution in [0.1, 0.15) is 17.7 Å². The first kappa shape index (κ1) is 20.0. The second-order valence-corrected chi connectivity index (χ2v) is 9.72. The van der Waals surface area contributed by atoms with Gasteiger partial charge in [-0.25, -0.2) is 8.42 Å². The fourth-order valence-corrected chi connectivity index (χ4v) is 4.76. The lowest BCUT2D eigenvalue weighted by molar-refractivity contribution is -0.117. The molecule has 1 N–H and O–H groups in total. The van der Waals surface area contributed by atoms with Gasteiger partial charge in [0.1, 0.15) is 0 Å². The van der Waals surface area contributed by atoms with Crippen molar-refractivity contribution in [2.45, 2.75) is 30.4 Å². The second kappa shape index (κ2) is 8.97. The van der Waals surface area contributed by atoms with Crippen LogP contribution in [-0.4, -0.2) is 51.3 Å². The normalized spacial score (nSPS) is 17.3. The van der Waals surface area contributed by atoms with Crippen LogP contribution in [0.4, 0.5) is 5.69 Å². The zero-order valence-corrected chi connectivity index (χ0v) is 16.9. The van der Waals surface area contributed by atoms with Gasteiger partial charge in [-0.15, -0.1) is 11.3 Å². The van der Waals surface area contributed by atoms with Crippen molar-refractivity contribution in [3.63, 3.8) is 0 Å². The molecule has 1 atom stereocenters. The Morgan fingerprint density at radius 3 is 2.78 bits per heavy atom. The minimum Gasteiger partial charge on any atom is -0.377 e. The number of hydrogen-bond donors (Lipinski definition) is 1. The fraction of sp³-hybridized carbons (Fsp3) is 0.421. The van der Waals surface area contributed by atoms with Crippen molar-refractivity contribution < 1.29 is 17.9 Å². The standard InChI is InChI=1S/C19H24N2O4S2/c1-27(23,24)18-9-3-2-8-17(18)20-19(22)14-21(12-15-6-4-10-25-15)13-16-7-5-11-26-16/h2-3,5,7-9,11,15H,4,6,10,12-14H2,1H3,(H,20,22)/t15-/m1/s1. The highest BCUT2D eigenvalue weighted by Crippen LogP contribution is 2.21. The van der Waals surface area contributed by atoms with Crippen molar-refractivity contribution in [2.75, 3.05) is 31.3 Å². The summed E-state index contributed by atoms with van der Waals surface area (Å²) in [6, 6.07) is 10.5. The Balaban J connectivity index is 1.68. The first-order chi connectivity index (χ1) is 12.9. The molecule has 3 rings (SSSR count). The van der Waals surface area contributed by atoms with E-state index in [4.69, 9.17) is 4.74 Å². The van der Waals surface area contributed by atoms with Gasteiger partial charge in [-0.05, 0) is 36.4 Å². The minimum absolute atomic E-state index is 0.127. The molecule has 0 aliphatic carbocycles. The summed E-state index contributed by atoms with van der Waals surface area (Å²) in [5.74, 6) is -0.236. The maximum atomic E-state index is 12.6. The van der Waals surface area contributed by atoms with Crippen molar-refractivity contribution in [3.05, 3.63) is 46.7 Å². The van der Waals surface area contributed by atoms with Crippen molar-refractivity contribution in [3.8, 4) is 0 Å². The van der Waals surface area contributed by atoms with E-state index in [-0.39, 0.29) is 23.5 Å². The summed E-state index contributed by atoms with van der Waals surface area (Å²) in [6.07, 6.45) is 3.32. The van der Waals surface area contributed by atoms with E-state index in [1.54, 1.807) is 29.5 Å². The number of anilines is 1. The van der Waals surface area contributed by atoms with Crippen molar-refractivity contribution >= 4 is 32.8 Å². The molecule has 1 aliphatic heterocycles. The molecule has 6 nitrogen and oxygen atoms in total. The van der Waals surface area contributed by atoms with Gasteiger partial charge in [0.25, 0.3) is 0 Å². The Morgan fingerprint density at radius 1 is 1.30 bits per heavy atom. The highest BCUT2D eigenvalue weighted by Gasteiger charge is 2.22. The van der Waals surface area contributed by atoms with E-state index in [0.29, 0.717) is 18.8 Å². The number of sulfone groups is 1. The van der Waals surface area contributed by atoms with Gasteiger partial charge in [-0.2, -0.15) is 0 Å². The Morgan fingerprint density at radius 2 is 2.11 bits per heavy atom. The van der Waals surface area contributed by atoms with Gasteiger partial charge in [0.2, 0.25) is 5.91 Å². The third-order valence-corrected chi connectivity index (χ3v) is 6.39. The maximum Gasteiger partial charge on any atom is 0.238 e. The molecule has 0 spiro atoms. The lowest BCUT2D eigenvalue weighted by atomic mass is 10.2. The van der Waals surface area contributed by atoms with E-state index in [0.717, 1.165) is 25.7 Å². The number of para-hydroxylation sites is 1. The minimum atomic E-state index is -3.41. The molecule has 1 saturated heterocycles. The molecule has 1 aromatic heterocycles. The summed E-state index contributed by atoms with van der Waals surface area (Å²) in [7, 11) is -3.41. The topological polar surface area (TPSA) is 75.7 Å². The molecule has 1 aliphatic rings. The molecule has 2 aromatic rings. The predicted octanol–water partition coefficient (Wildman–Crippen LogP) is 2.77. The smallest absolute Gasteiger partial charge is 0.238 e. The molecule has 0 saturated carbocycles. The number of benzene rings is 1. The maximum absolute atomic E-state index is 12.6. The van der Waals surface area contributed by atoms with E-state index < -0.39 is 9.84 Å². The van der Waals surface area contributed by atoms with E-state index >= 15 is 0 Å². The Hall–Kier alpha value is -1.74. The third-order valence-electron chi connectivity index (χ3n) is 4.37. The number of nitrogens with zero attached hydrogens (tertiary/aromatic N) is 1. The number of carbonyl (C=O) groups excluding carboxylic acids is 1. The van der Waals surface area contributed by atoms with Crippen LogP contribution in [0.5, 0.6) is 0 Å². The first-order valence-electron chi connectivity index (χ1n) is 8.87. The number of ether oxygens (including phenoxy) is 1. The van der Waals surface area contributed by atoms with E-state index in [1.165, 1.54) is 10.9 Å². The van der Waals surface area contributed by atoms with Crippen LogP contribution in [0.3, 0.4) is 0 Å². The third kappa shape index (κ3) is 5.87. The highest BCUT2D eigenvalue weighted by atomic mass is 32.2. The Bertz CT molecular complexity index is 860. The molecule has 1 fully saturated rings. The summed E-state index contributed by atoms with van der Waals surface area (Å²) in [5, 5.41) is 4.77. The number of carbonyl (C=O) groups is 1. The van der Waals surface area contributed by atoms with E-state index in [9.17, 15) is 13.2 Å². The van der Waals surface area contributed by atoms with Crippen LogP contribution < -0.4 is 5.32 Å². The van der Waals surface area contributed by atoms with Crippen LogP contribution in [0.25, 0.3) is 0 Å². The zero-order valence-electron chi connectivity index (χ0n) is 15.3. The average Bonchev–Trinajstić information content (AvgIpc) is 3.28. The molecule has 1 aromatic carbocycles. The lowest BCUT2D eigenvalue weighted by Gasteiger charge is -2.24. The molecular weight excluding hydrogens is 384 g/mol. The number of rotatable bonds is 8. The summed E-state index contributed by atoms with van der Waals surface area (Å²) in [5.41, 5.74) is 0.318. The molecule has 1 amide bonds. The van der Waals surface area contributed by atoms with Crippen LogP contribution in [-0.2, 0) is 25.9 Å². The molecule has 146 valence electrons. The zero-order chi connectivity index (χ0) is 19.3. The van der Waals surface area contributed by atoms with Gasteiger partial charge < -0.3 is 10.1 Å². The van der Waals surface area contributed by atoms with Gasteiger partial charge >= 0.3 is 0 Å². The second-order valence-electron chi connectivity index (χ2n) is 6.70. The first-order valence-corrected chi connectivity index (χ1v) is 11.6. The van der Waals surface area contributed by atoms with Gasteiger partial charge in [-0.1, -0.05) is 18.2 Å². The summed E-state index contributed by atoms with van der Waals surface area (Å²) >= 11 is 1.65. The quantitative estimate of drug-likeness (QED) is 0.727. The van der Waals surface area contributed by atoms with Crippen LogP contribution in [0, 0.1) is 0 Å². The van der Waals surface area contributed by atoms with Crippen LogP contribution in [0.15, 0.2) is 46.7 Å². The molecular formula is C19H24N2O4S2. The summed E-state index contributed by atoms with van der Waals surface area (Å²) in [4.78, 5) is 16.0. The SMILES string of the molecule is CS(=O)(=O)c1ccccc1NC(=O)CN(Cc1cccs1)C[C@H]1CCCO1. The molecule has 27 heavy (non-hydrogen) atoms. The molecule has 2 heterocycles. The van der Waals surface area contributed by atoms with Crippen LogP contribution >= 0.6 is 11.3 Å². The van der Waals surface area contributed by atoms with Gasteiger partial charge in [0.15, 0.2) is 9.84 Å². The Kier molecular flexibility index (Phi) is 6.64. The number of amides is 1. The van der Waals surface area contributed by atoms with Crippen molar-refractivity contribution in [2.24, 2.45) is 0 Å². The summed E-state index contributed by atoms with van der Waals surface area (Å²) in [6.45, 7) is 2.29. The average molecular weight is 409 g/mol. The fourth-order valence-electron chi connectivity index (χ4n) is 3.17. The van der Waals surface area contributed by atoms with Gasteiger partial charge in [0, 0.05) is 30.8 Å². The number of hydrogen-bond acceptors (Lipinski definition) is 6. The lowest BCUT2D eigenvalue weighted by Crippen LogP contribution is -2.37. The van der Waals surface area contributed by atoms with Crippen molar-refractivity contribution in [1.82, 2.24) is 4.90 Å². The molecule has 0 unspecified atom stereocenters. The largest absolute Gasteiger partial charge is 0.377 e. The molecule has 0 radical (unpaired) electrons. The molecule has 8 heteroatoms. The van der Waals surface area contributed by atoms with Crippen molar-refractivity contribution in [1.29, 1.82) is 0 Å². The number of nitrogens with one attached hydrogen (secondary N) is 1. The predicted molar refractivity (Wildman–Crippen MR) is 107 cm³/mol. The Labute approximate surface area is 164 Å². The monoisotopic (exact) mass is 408 g/mol.